The van der Waals surface area contributed by atoms with Gasteiger partial charge in [-0.15, -0.1) is 0 Å². The van der Waals surface area contributed by atoms with E-state index in [-0.39, 0.29) is 17.5 Å². The fourth-order valence-electron chi connectivity index (χ4n) is 4.38. The predicted octanol–water partition coefficient (Wildman–Crippen LogP) is 4.34. The number of thiocarbonyl (C=S) groups is 1. The topological polar surface area (TPSA) is 70.8 Å². The van der Waals surface area contributed by atoms with Gasteiger partial charge in [-0.25, -0.2) is 0 Å². The van der Waals surface area contributed by atoms with Crippen molar-refractivity contribution in [2.24, 2.45) is 5.92 Å². The van der Waals surface area contributed by atoms with Crippen LogP contribution in [0.5, 0.6) is 0 Å². The summed E-state index contributed by atoms with van der Waals surface area (Å²) in [5.74, 6) is 0.236. The summed E-state index contributed by atoms with van der Waals surface area (Å²) in [6, 6.07) is 15.0. The summed E-state index contributed by atoms with van der Waals surface area (Å²) in [6.07, 6.45) is 1.97. The molecule has 0 atom stereocenters. The second kappa shape index (κ2) is 8.70. The molecule has 2 aromatic rings. The highest BCUT2D eigenvalue weighted by molar-refractivity contribution is 7.81. The fraction of sp³-hybridized carbons (Fsp3) is 0.375. The van der Waals surface area contributed by atoms with Crippen molar-refractivity contribution in [3.05, 3.63) is 53.1 Å². The molecule has 2 saturated heterocycles. The van der Waals surface area contributed by atoms with Crippen LogP contribution in [0.2, 0.25) is 5.02 Å². The first-order valence-corrected chi connectivity index (χ1v) is 11.4. The summed E-state index contributed by atoms with van der Waals surface area (Å²) in [5, 5.41) is 19.1. The minimum absolute atomic E-state index is 0.154. The molecule has 2 fully saturated rings. The minimum Gasteiger partial charge on any atom is -0.396 e. The van der Waals surface area contributed by atoms with Crippen LogP contribution in [0.15, 0.2) is 42.5 Å². The Bertz CT molecular complexity index is 1090. The molecule has 0 saturated carbocycles. The monoisotopic (exact) mass is 468 g/mol. The lowest BCUT2D eigenvalue weighted by molar-refractivity contribution is -0.120. The van der Waals surface area contributed by atoms with Gasteiger partial charge >= 0.3 is 0 Å². The first-order chi connectivity index (χ1) is 15.3. The molecule has 1 amide bonds. The van der Waals surface area contributed by atoms with Crippen molar-refractivity contribution in [1.82, 2.24) is 0 Å². The SMILES string of the molecule is CC1(C)C(=O)N(c2ccc(C#N)c(Cl)c2)C(=S)N1c1ccc(N2CCC(CO)CC2)cc1. The molecule has 6 nitrogen and oxygen atoms in total. The maximum atomic E-state index is 13.3. The maximum absolute atomic E-state index is 13.3. The molecule has 0 unspecified atom stereocenters. The molecule has 0 aromatic heterocycles. The summed E-state index contributed by atoms with van der Waals surface area (Å²) in [4.78, 5) is 19.0. The van der Waals surface area contributed by atoms with Gasteiger partial charge in [-0.1, -0.05) is 11.6 Å². The third-order valence-electron chi connectivity index (χ3n) is 6.35. The van der Waals surface area contributed by atoms with Crippen LogP contribution < -0.4 is 14.7 Å². The van der Waals surface area contributed by atoms with Crippen molar-refractivity contribution < 1.29 is 9.90 Å². The highest BCUT2D eigenvalue weighted by atomic mass is 35.5. The number of nitrogens with zero attached hydrogens (tertiary/aromatic N) is 4. The third-order valence-corrected chi connectivity index (χ3v) is 7.02. The van der Waals surface area contributed by atoms with Crippen molar-refractivity contribution in [2.45, 2.75) is 32.2 Å². The number of benzene rings is 2. The lowest BCUT2D eigenvalue weighted by Crippen LogP contribution is -2.44. The molecule has 32 heavy (non-hydrogen) atoms. The Morgan fingerprint density at radius 2 is 1.72 bits per heavy atom. The number of carbonyl (C=O) groups excluding carboxylic acids is 1. The number of hydrogen-bond acceptors (Lipinski definition) is 5. The Kier molecular flexibility index (Phi) is 6.13. The number of aliphatic hydroxyl groups is 1. The van der Waals surface area contributed by atoms with E-state index >= 15 is 0 Å². The Morgan fingerprint density at radius 3 is 2.28 bits per heavy atom. The number of carbonyl (C=O) groups is 1. The Balaban J connectivity index is 1.60. The molecular formula is C24H25ClN4O2S. The van der Waals surface area contributed by atoms with Crippen LogP contribution in [0.4, 0.5) is 17.1 Å². The van der Waals surface area contributed by atoms with Gasteiger partial charge in [0.2, 0.25) is 0 Å². The van der Waals surface area contributed by atoms with E-state index in [0.29, 0.717) is 22.3 Å². The van der Waals surface area contributed by atoms with Crippen LogP contribution in [-0.2, 0) is 4.79 Å². The molecule has 4 rings (SSSR count). The third kappa shape index (κ3) is 3.83. The average Bonchev–Trinajstić information content (AvgIpc) is 2.97. The summed E-state index contributed by atoms with van der Waals surface area (Å²) in [7, 11) is 0. The van der Waals surface area contributed by atoms with E-state index in [1.165, 1.54) is 4.90 Å². The lowest BCUT2D eigenvalue weighted by atomic mass is 9.97. The number of piperidine rings is 1. The highest BCUT2D eigenvalue weighted by Gasteiger charge is 2.50. The van der Waals surface area contributed by atoms with E-state index in [4.69, 9.17) is 29.1 Å². The summed E-state index contributed by atoms with van der Waals surface area (Å²) < 4.78 is 0. The molecule has 0 spiro atoms. The van der Waals surface area contributed by atoms with Gasteiger partial charge in [-0.2, -0.15) is 5.26 Å². The van der Waals surface area contributed by atoms with Gasteiger partial charge in [0.15, 0.2) is 5.11 Å². The van der Waals surface area contributed by atoms with Crippen molar-refractivity contribution in [3.8, 4) is 6.07 Å². The molecule has 0 bridgehead atoms. The summed E-state index contributed by atoms with van der Waals surface area (Å²) >= 11 is 11.9. The standard InChI is InChI=1S/C24H25ClN4O2S/c1-24(2)22(31)28(20-4-3-17(14-26)21(25)13-20)23(32)29(24)19-7-5-18(6-8-19)27-11-9-16(15-30)10-12-27/h3-8,13,16,30H,9-12,15H2,1-2H3. The second-order valence-electron chi connectivity index (χ2n) is 8.72. The van der Waals surface area contributed by atoms with E-state index < -0.39 is 5.54 Å². The number of nitriles is 1. The van der Waals surface area contributed by atoms with E-state index in [0.717, 1.165) is 37.3 Å². The van der Waals surface area contributed by atoms with Crippen LogP contribution in [0.1, 0.15) is 32.3 Å². The Morgan fingerprint density at radius 1 is 1.12 bits per heavy atom. The Hall–Kier alpha value is -2.66. The summed E-state index contributed by atoms with van der Waals surface area (Å²) in [5.41, 5.74) is 1.98. The number of amides is 1. The quantitative estimate of drug-likeness (QED) is 0.673. The zero-order valence-corrected chi connectivity index (χ0v) is 19.7. The van der Waals surface area contributed by atoms with Gasteiger partial charge in [0, 0.05) is 31.1 Å². The smallest absolute Gasteiger partial charge is 0.259 e. The zero-order chi connectivity index (χ0) is 23.0. The Labute approximate surface area is 198 Å². The normalized spacial score (nSPS) is 18.9. The van der Waals surface area contributed by atoms with Gasteiger partial charge < -0.3 is 14.9 Å². The molecule has 2 aliphatic heterocycles. The highest BCUT2D eigenvalue weighted by Crippen LogP contribution is 2.38. The summed E-state index contributed by atoms with van der Waals surface area (Å²) in [6.45, 7) is 5.79. The number of halogens is 1. The molecule has 8 heteroatoms. The lowest BCUT2D eigenvalue weighted by Gasteiger charge is -2.34. The number of anilines is 3. The minimum atomic E-state index is -0.877. The molecule has 166 valence electrons. The van der Waals surface area contributed by atoms with Gasteiger partial charge in [0.1, 0.15) is 11.6 Å². The molecular weight excluding hydrogens is 444 g/mol. The van der Waals surface area contributed by atoms with Gasteiger partial charge in [0.25, 0.3) is 5.91 Å². The van der Waals surface area contributed by atoms with Gasteiger partial charge in [0.05, 0.1) is 16.3 Å². The number of rotatable bonds is 4. The van der Waals surface area contributed by atoms with Crippen molar-refractivity contribution >= 4 is 51.9 Å². The van der Waals surface area contributed by atoms with Crippen molar-refractivity contribution in [2.75, 3.05) is 34.4 Å². The van der Waals surface area contributed by atoms with Gasteiger partial charge in [-0.3, -0.25) is 9.69 Å². The zero-order valence-electron chi connectivity index (χ0n) is 18.1. The van der Waals surface area contributed by atoms with Crippen LogP contribution in [0.25, 0.3) is 0 Å². The van der Waals surface area contributed by atoms with Crippen LogP contribution in [-0.4, -0.2) is 41.4 Å². The largest absolute Gasteiger partial charge is 0.396 e. The van der Waals surface area contributed by atoms with Crippen molar-refractivity contribution in [1.29, 1.82) is 5.26 Å². The van der Waals surface area contributed by atoms with E-state index in [1.54, 1.807) is 18.2 Å². The molecule has 0 aliphatic carbocycles. The molecule has 0 radical (unpaired) electrons. The van der Waals surface area contributed by atoms with Crippen LogP contribution >= 0.6 is 23.8 Å². The van der Waals surface area contributed by atoms with Gasteiger partial charge in [-0.05, 0) is 87.3 Å². The van der Waals surface area contributed by atoms with Crippen LogP contribution in [0.3, 0.4) is 0 Å². The van der Waals surface area contributed by atoms with E-state index in [1.807, 2.05) is 36.9 Å². The van der Waals surface area contributed by atoms with Crippen LogP contribution in [0, 0.1) is 17.2 Å². The van der Waals surface area contributed by atoms with Crippen molar-refractivity contribution in [3.63, 3.8) is 0 Å². The van der Waals surface area contributed by atoms with E-state index in [9.17, 15) is 9.90 Å². The molecule has 2 heterocycles. The maximum Gasteiger partial charge on any atom is 0.259 e. The first kappa shape index (κ1) is 22.5. The molecule has 2 aliphatic rings. The second-order valence-corrected chi connectivity index (χ2v) is 9.50. The molecule has 1 N–H and O–H groups in total. The number of aliphatic hydroxyl groups excluding tert-OH is 1. The first-order valence-electron chi connectivity index (χ1n) is 10.6. The fourth-order valence-corrected chi connectivity index (χ4v) is 5.12. The van der Waals surface area contributed by atoms with E-state index in [2.05, 4.69) is 17.0 Å². The predicted molar refractivity (Wildman–Crippen MR) is 131 cm³/mol. The molecule has 2 aromatic carbocycles. The average molecular weight is 469 g/mol. The number of hydrogen-bond donors (Lipinski definition) is 1.